The fraction of sp³-hybridized carbons (Fsp3) is 0.793. The van der Waals surface area contributed by atoms with Crippen molar-refractivity contribution in [1.82, 2.24) is 19.6 Å². The summed E-state index contributed by atoms with van der Waals surface area (Å²) >= 11 is -3.06. The normalized spacial score (nSPS) is 22.0. The Balaban J connectivity index is 1.78. The monoisotopic (exact) mass is 572 g/mol. The van der Waals surface area contributed by atoms with Gasteiger partial charge in [-0.15, -0.1) is 0 Å². The maximum atomic E-state index is 5.30. The molecule has 0 spiro atoms. The molecule has 3 aliphatic rings. The maximum absolute atomic E-state index is 5.30. The van der Waals surface area contributed by atoms with Gasteiger partial charge in [0.1, 0.15) is 0 Å². The molecule has 0 aliphatic heterocycles. The molecule has 0 radical (unpaired) electrons. The number of rotatable bonds is 6. The first-order valence-electron chi connectivity index (χ1n) is 14.6. The van der Waals surface area contributed by atoms with E-state index in [9.17, 15) is 0 Å². The van der Waals surface area contributed by atoms with E-state index in [2.05, 4.69) is 49.2 Å². The second kappa shape index (κ2) is 10.7. The molecule has 3 fully saturated rings. The fourth-order valence-electron chi connectivity index (χ4n) is 8.75. The second-order valence-corrected chi connectivity index (χ2v) is 26.3. The van der Waals surface area contributed by atoms with E-state index < -0.39 is 18.4 Å². The van der Waals surface area contributed by atoms with Gasteiger partial charge in [0.15, 0.2) is 0 Å². The molecule has 2 heterocycles. The van der Waals surface area contributed by atoms with Crippen molar-refractivity contribution in [3.63, 3.8) is 0 Å². The number of hydrogen-bond acceptors (Lipinski definition) is 2. The Bertz CT molecular complexity index is 850. The van der Waals surface area contributed by atoms with Crippen LogP contribution in [0.1, 0.15) is 123 Å². The predicted octanol–water partition coefficient (Wildman–Crippen LogP) is 8.35. The van der Waals surface area contributed by atoms with Gasteiger partial charge in [-0.1, -0.05) is 0 Å². The van der Waals surface area contributed by atoms with Gasteiger partial charge < -0.3 is 0 Å². The van der Waals surface area contributed by atoms with Gasteiger partial charge in [0.25, 0.3) is 0 Å². The summed E-state index contributed by atoms with van der Waals surface area (Å²) in [5.74, 6) is 0. The van der Waals surface area contributed by atoms with Crippen LogP contribution in [0.3, 0.4) is 0 Å². The standard InChI is InChI=1S/C11H15N4.3C6H11.Sn/c1-8-5-10(3)14(12-8)7-15-11(4)6-9(2)13-15;3*1-2-4-6-5-3-1;/h5-7H,1-4H3;3*1H,2-6H2;. The zero-order chi connectivity index (χ0) is 23.7. The topological polar surface area (TPSA) is 35.6 Å². The molecule has 0 aromatic carbocycles. The molecule has 2 aromatic rings. The third kappa shape index (κ3) is 4.54. The fourth-order valence-corrected chi connectivity index (χ4v) is 34.0. The van der Waals surface area contributed by atoms with E-state index in [-0.39, 0.29) is 0 Å². The van der Waals surface area contributed by atoms with Crippen LogP contribution in [-0.2, 0) is 0 Å². The summed E-state index contributed by atoms with van der Waals surface area (Å²) in [6, 6.07) is 4.66. The first-order valence-corrected chi connectivity index (χ1v) is 21.2. The Morgan fingerprint density at radius 2 is 0.912 bits per heavy atom. The molecule has 2 aromatic heterocycles. The molecule has 3 aliphatic carbocycles. The molecule has 4 nitrogen and oxygen atoms in total. The molecule has 5 rings (SSSR count). The van der Waals surface area contributed by atoms with Crippen LogP contribution < -0.4 is 0 Å². The summed E-state index contributed by atoms with van der Waals surface area (Å²) in [7, 11) is 0. The van der Waals surface area contributed by atoms with E-state index in [0.29, 0.717) is 4.18 Å². The van der Waals surface area contributed by atoms with Crippen LogP contribution in [0.5, 0.6) is 0 Å². The van der Waals surface area contributed by atoms with E-state index in [0.717, 1.165) is 11.8 Å². The van der Waals surface area contributed by atoms with Gasteiger partial charge in [-0.3, -0.25) is 0 Å². The van der Waals surface area contributed by atoms with Crippen molar-refractivity contribution in [1.29, 1.82) is 0 Å². The van der Waals surface area contributed by atoms with Gasteiger partial charge >= 0.3 is 213 Å². The summed E-state index contributed by atoms with van der Waals surface area (Å²) in [5.41, 5.74) is 5.08. The van der Waals surface area contributed by atoms with E-state index in [1.807, 2.05) is 0 Å². The Morgan fingerprint density at radius 3 is 1.18 bits per heavy atom. The van der Waals surface area contributed by atoms with Gasteiger partial charge in [0, 0.05) is 0 Å². The molecule has 0 amide bonds. The number of nitrogens with zero attached hydrogens (tertiary/aromatic N) is 4. The zero-order valence-corrected chi connectivity index (χ0v) is 25.2. The van der Waals surface area contributed by atoms with Crippen LogP contribution in [0, 0.1) is 27.7 Å². The van der Waals surface area contributed by atoms with Crippen LogP contribution in [-0.4, -0.2) is 37.9 Å². The quantitative estimate of drug-likeness (QED) is 0.327. The van der Waals surface area contributed by atoms with Crippen LogP contribution in [0.25, 0.3) is 0 Å². The molecule has 188 valence electrons. The molecule has 0 saturated heterocycles. The van der Waals surface area contributed by atoms with Gasteiger partial charge in [-0.2, -0.15) is 0 Å². The van der Waals surface area contributed by atoms with Crippen LogP contribution in [0.15, 0.2) is 12.1 Å². The van der Waals surface area contributed by atoms with Crippen molar-refractivity contribution in [2.75, 3.05) is 0 Å². The number of aromatic nitrogens is 4. The van der Waals surface area contributed by atoms with Gasteiger partial charge in [-0.25, -0.2) is 0 Å². The molecule has 3 saturated carbocycles. The molecule has 34 heavy (non-hydrogen) atoms. The van der Waals surface area contributed by atoms with Crippen LogP contribution in [0.2, 0.25) is 11.8 Å². The van der Waals surface area contributed by atoms with Crippen molar-refractivity contribution in [2.45, 2.75) is 140 Å². The van der Waals surface area contributed by atoms with Crippen molar-refractivity contribution in [3.8, 4) is 0 Å². The number of hydrogen-bond donors (Lipinski definition) is 0. The third-order valence-electron chi connectivity index (χ3n) is 9.94. The first-order chi connectivity index (χ1) is 16.5. The van der Waals surface area contributed by atoms with Crippen LogP contribution >= 0.6 is 0 Å². The Labute approximate surface area is 212 Å². The van der Waals surface area contributed by atoms with Crippen molar-refractivity contribution in [3.05, 3.63) is 34.9 Å². The van der Waals surface area contributed by atoms with Gasteiger partial charge in [0.05, 0.1) is 0 Å². The Morgan fingerprint density at radius 1 is 0.588 bits per heavy atom. The summed E-state index contributed by atoms with van der Waals surface area (Å²) in [5, 5.41) is 10.6. The van der Waals surface area contributed by atoms with E-state index >= 15 is 0 Å². The van der Waals surface area contributed by atoms with E-state index in [1.54, 1.807) is 0 Å². The summed E-state index contributed by atoms with van der Waals surface area (Å²) in [6.45, 7) is 9.03. The molecular weight excluding hydrogens is 523 g/mol. The molecule has 0 bridgehead atoms. The Kier molecular flexibility index (Phi) is 7.82. The minimum atomic E-state index is -3.06. The van der Waals surface area contributed by atoms with Crippen LogP contribution in [0.4, 0.5) is 0 Å². The predicted molar refractivity (Wildman–Crippen MR) is 144 cm³/mol. The second-order valence-electron chi connectivity index (χ2n) is 12.1. The Hall–Kier alpha value is -0.781. The van der Waals surface area contributed by atoms with Crippen molar-refractivity contribution >= 4 is 18.4 Å². The molecule has 5 heteroatoms. The first kappa shape index (κ1) is 24.9. The molecule has 0 N–H and O–H groups in total. The van der Waals surface area contributed by atoms with Gasteiger partial charge in [-0.05, 0) is 0 Å². The zero-order valence-electron chi connectivity index (χ0n) is 22.4. The van der Waals surface area contributed by atoms with E-state index in [1.165, 1.54) is 119 Å². The molecular formula is C29H48N4Sn. The van der Waals surface area contributed by atoms with Crippen molar-refractivity contribution in [2.24, 2.45) is 0 Å². The third-order valence-corrected chi connectivity index (χ3v) is 30.9. The van der Waals surface area contributed by atoms with Gasteiger partial charge in [0.2, 0.25) is 0 Å². The average Bonchev–Trinajstić information content (AvgIpc) is 3.37. The SMILES string of the molecule is Cc1cc(C)n([CH](n2nc(C)cc2C)[Sn]([CH]2CCCCC2)([CH]2CCCCC2)[CH]2CCCCC2)n1. The minimum absolute atomic E-state index is 0.408. The summed E-state index contributed by atoms with van der Waals surface area (Å²) < 4.78 is 8.47. The molecule has 0 unspecified atom stereocenters. The summed E-state index contributed by atoms with van der Waals surface area (Å²) in [6.07, 6.45) is 22.1. The van der Waals surface area contributed by atoms with Crippen molar-refractivity contribution < 1.29 is 0 Å². The summed E-state index contributed by atoms with van der Waals surface area (Å²) in [4.78, 5) is 0. The average molecular weight is 571 g/mol. The molecule has 0 atom stereocenters. The van der Waals surface area contributed by atoms with E-state index in [4.69, 9.17) is 10.2 Å². The number of aryl methyl sites for hydroxylation is 4.